The number of sulfone groups is 1. The number of carbonyl (C=O) groups excluding carboxylic acids is 1. The first kappa shape index (κ1) is 19.7. The summed E-state index contributed by atoms with van der Waals surface area (Å²) in [7, 11) is -3.10. The Bertz CT molecular complexity index is 1050. The summed E-state index contributed by atoms with van der Waals surface area (Å²) in [6.07, 6.45) is 0. The number of benzene rings is 2. The second-order valence-corrected chi connectivity index (χ2v) is 11.0. The number of rotatable bonds is 4. The number of anilines is 1. The maximum absolute atomic E-state index is 12.2. The van der Waals surface area contributed by atoms with Crippen molar-refractivity contribution in [1.29, 1.82) is 0 Å². The van der Waals surface area contributed by atoms with Crippen molar-refractivity contribution in [1.82, 2.24) is 0 Å². The molecule has 2 atom stereocenters. The predicted molar refractivity (Wildman–Crippen MR) is 118 cm³/mol. The van der Waals surface area contributed by atoms with E-state index in [1.165, 1.54) is 6.92 Å². The van der Waals surface area contributed by atoms with Crippen LogP contribution < -0.4 is 4.90 Å². The fourth-order valence-electron chi connectivity index (χ4n) is 3.54. The number of hydrogen-bond donors (Lipinski definition) is 0. The van der Waals surface area contributed by atoms with Crippen molar-refractivity contribution in [2.24, 2.45) is 4.99 Å². The van der Waals surface area contributed by atoms with Crippen LogP contribution >= 0.6 is 27.7 Å². The van der Waals surface area contributed by atoms with E-state index >= 15 is 0 Å². The number of aliphatic imine (C=N–C) groups is 1. The second-order valence-electron chi connectivity index (χ2n) is 7.01. The van der Waals surface area contributed by atoms with Crippen LogP contribution in [0.25, 0.3) is 0 Å². The minimum atomic E-state index is -3.10. The van der Waals surface area contributed by atoms with Crippen LogP contribution in [0, 0.1) is 0 Å². The van der Waals surface area contributed by atoms with E-state index in [0.29, 0.717) is 5.56 Å². The third-order valence-electron chi connectivity index (χ3n) is 4.92. The Morgan fingerprint density at radius 1 is 1.21 bits per heavy atom. The third kappa shape index (κ3) is 4.04. The van der Waals surface area contributed by atoms with E-state index in [4.69, 9.17) is 4.99 Å². The number of thioether (sulfide) groups is 1. The molecule has 2 aromatic rings. The Morgan fingerprint density at radius 3 is 2.68 bits per heavy atom. The van der Waals surface area contributed by atoms with Gasteiger partial charge in [0.15, 0.2) is 20.8 Å². The molecule has 0 bridgehead atoms. The number of amidine groups is 1. The van der Waals surface area contributed by atoms with Gasteiger partial charge in [0.25, 0.3) is 0 Å². The molecule has 1 fully saturated rings. The topological polar surface area (TPSA) is 66.8 Å². The zero-order valence-electron chi connectivity index (χ0n) is 15.2. The first-order valence-electron chi connectivity index (χ1n) is 8.88. The minimum absolute atomic E-state index is 0.0161. The SMILES string of the molecule is CC(=O)c1cccc(N2C(SCc3ccc(Br)cc3)=N[C@@H]3CS(=O)(=O)C[C@H]32)c1. The summed E-state index contributed by atoms with van der Waals surface area (Å²) in [6.45, 7) is 1.53. The van der Waals surface area contributed by atoms with E-state index in [9.17, 15) is 13.2 Å². The van der Waals surface area contributed by atoms with Crippen LogP contribution in [0.15, 0.2) is 58.0 Å². The average Bonchev–Trinajstić information content (AvgIpc) is 3.12. The Hall–Kier alpha value is -1.64. The van der Waals surface area contributed by atoms with Crippen LogP contribution in [0.4, 0.5) is 5.69 Å². The molecule has 0 unspecified atom stereocenters. The van der Waals surface area contributed by atoms with Crippen LogP contribution in [-0.4, -0.2) is 43.0 Å². The lowest BCUT2D eigenvalue weighted by Crippen LogP contribution is -2.39. The van der Waals surface area contributed by atoms with Crippen molar-refractivity contribution in [3.05, 3.63) is 64.1 Å². The van der Waals surface area contributed by atoms with Crippen molar-refractivity contribution in [3.8, 4) is 0 Å². The maximum Gasteiger partial charge on any atom is 0.164 e. The molecule has 0 amide bonds. The number of ketones is 1. The highest BCUT2D eigenvalue weighted by atomic mass is 79.9. The normalized spacial score (nSPS) is 22.8. The lowest BCUT2D eigenvalue weighted by Gasteiger charge is -2.26. The van der Waals surface area contributed by atoms with Gasteiger partial charge >= 0.3 is 0 Å². The molecule has 2 aromatic carbocycles. The lowest BCUT2D eigenvalue weighted by atomic mass is 10.1. The van der Waals surface area contributed by atoms with Gasteiger partial charge in [0, 0.05) is 21.5 Å². The molecule has 1 saturated heterocycles. The van der Waals surface area contributed by atoms with Crippen molar-refractivity contribution in [3.63, 3.8) is 0 Å². The smallest absolute Gasteiger partial charge is 0.164 e. The van der Waals surface area contributed by atoms with Crippen LogP contribution in [0.2, 0.25) is 0 Å². The highest BCUT2D eigenvalue weighted by Crippen LogP contribution is 2.36. The fraction of sp³-hybridized carbons (Fsp3) is 0.300. The molecule has 0 spiro atoms. The van der Waals surface area contributed by atoms with Gasteiger partial charge in [0.05, 0.1) is 23.6 Å². The molecular formula is C20H19BrN2O3S2. The molecule has 8 heteroatoms. The molecule has 0 N–H and O–H groups in total. The molecule has 0 radical (unpaired) electrons. The van der Waals surface area contributed by atoms with Gasteiger partial charge in [-0.3, -0.25) is 9.79 Å². The van der Waals surface area contributed by atoms with Crippen molar-refractivity contribution in [2.45, 2.75) is 24.8 Å². The number of halogens is 1. The number of carbonyl (C=O) groups is 1. The molecule has 0 aliphatic carbocycles. The fourth-order valence-corrected chi connectivity index (χ4v) is 6.73. The van der Waals surface area contributed by atoms with E-state index in [0.717, 1.165) is 26.6 Å². The molecule has 4 rings (SSSR count). The van der Waals surface area contributed by atoms with Gasteiger partial charge in [0.1, 0.15) is 0 Å². The summed E-state index contributed by atoms with van der Waals surface area (Å²) in [6, 6.07) is 15.0. The maximum atomic E-state index is 12.2. The van der Waals surface area contributed by atoms with Gasteiger partial charge in [-0.15, -0.1) is 0 Å². The monoisotopic (exact) mass is 478 g/mol. The van der Waals surface area contributed by atoms with Crippen molar-refractivity contribution >= 4 is 54.2 Å². The van der Waals surface area contributed by atoms with E-state index in [2.05, 4.69) is 28.1 Å². The number of fused-ring (bicyclic) bond motifs is 1. The first-order chi connectivity index (χ1) is 13.3. The van der Waals surface area contributed by atoms with Crippen molar-refractivity contribution < 1.29 is 13.2 Å². The number of hydrogen-bond acceptors (Lipinski definition) is 6. The first-order valence-corrected chi connectivity index (χ1v) is 12.5. The highest BCUT2D eigenvalue weighted by Gasteiger charge is 2.47. The van der Waals surface area contributed by atoms with Gasteiger partial charge in [-0.2, -0.15) is 0 Å². The molecule has 2 heterocycles. The molecule has 146 valence electrons. The van der Waals surface area contributed by atoms with E-state index in [1.807, 2.05) is 35.2 Å². The Kier molecular flexibility index (Phi) is 5.37. The number of nitrogens with zero attached hydrogens (tertiary/aromatic N) is 2. The summed E-state index contributed by atoms with van der Waals surface area (Å²) < 4.78 is 25.3. The van der Waals surface area contributed by atoms with Crippen LogP contribution in [-0.2, 0) is 15.6 Å². The molecule has 2 aliphatic heterocycles. The summed E-state index contributed by atoms with van der Waals surface area (Å²) >= 11 is 5.04. The Labute approximate surface area is 177 Å². The molecule has 0 aromatic heterocycles. The highest BCUT2D eigenvalue weighted by molar-refractivity contribution is 9.10. The van der Waals surface area contributed by atoms with Crippen LogP contribution in [0.5, 0.6) is 0 Å². The van der Waals surface area contributed by atoms with Gasteiger partial charge in [-0.25, -0.2) is 8.42 Å². The van der Waals surface area contributed by atoms with Crippen LogP contribution in [0.3, 0.4) is 0 Å². The molecule has 28 heavy (non-hydrogen) atoms. The summed E-state index contributed by atoms with van der Waals surface area (Å²) in [5.41, 5.74) is 2.59. The largest absolute Gasteiger partial charge is 0.315 e. The lowest BCUT2D eigenvalue weighted by molar-refractivity contribution is 0.101. The summed E-state index contributed by atoms with van der Waals surface area (Å²) in [4.78, 5) is 18.6. The molecule has 0 saturated carbocycles. The van der Waals surface area contributed by atoms with Gasteiger partial charge < -0.3 is 4.90 Å². The summed E-state index contributed by atoms with van der Waals surface area (Å²) in [5, 5.41) is 0.813. The van der Waals surface area contributed by atoms with E-state index in [1.54, 1.807) is 17.8 Å². The minimum Gasteiger partial charge on any atom is -0.315 e. The number of Topliss-reactive ketones (excluding diaryl/α,β-unsaturated/α-hetero) is 1. The zero-order chi connectivity index (χ0) is 19.9. The third-order valence-corrected chi connectivity index (χ3v) is 8.18. The van der Waals surface area contributed by atoms with Gasteiger partial charge in [-0.1, -0.05) is 52.0 Å². The predicted octanol–water partition coefficient (Wildman–Crippen LogP) is 3.93. The second kappa shape index (κ2) is 7.65. The Balaban J connectivity index is 1.64. The quantitative estimate of drug-likeness (QED) is 0.622. The molecule has 5 nitrogen and oxygen atoms in total. The van der Waals surface area contributed by atoms with Gasteiger partial charge in [-0.05, 0) is 36.8 Å². The average molecular weight is 479 g/mol. The molecular weight excluding hydrogens is 460 g/mol. The van der Waals surface area contributed by atoms with E-state index < -0.39 is 9.84 Å². The summed E-state index contributed by atoms with van der Waals surface area (Å²) in [5.74, 6) is 0.899. The van der Waals surface area contributed by atoms with Gasteiger partial charge in [0.2, 0.25) is 0 Å². The van der Waals surface area contributed by atoms with Crippen molar-refractivity contribution in [2.75, 3.05) is 16.4 Å². The standard InChI is InChI=1S/C20H19BrN2O3S2/c1-13(24)15-3-2-4-17(9-15)23-19-12-28(25,26)11-18(19)22-20(23)27-10-14-5-7-16(21)8-6-14/h2-9,18-19H,10-12H2,1H3/t18-,19-/m1/s1. The molecule has 2 aliphatic rings. The van der Waals surface area contributed by atoms with Crippen LogP contribution in [0.1, 0.15) is 22.8 Å². The zero-order valence-corrected chi connectivity index (χ0v) is 18.4. The van der Waals surface area contributed by atoms with E-state index in [-0.39, 0.29) is 29.4 Å². The Morgan fingerprint density at radius 2 is 1.96 bits per heavy atom.